The number of hydrogen-bond donors (Lipinski definition) is 1. The molecule has 0 aliphatic carbocycles. The van der Waals surface area contributed by atoms with Crippen molar-refractivity contribution in [3.05, 3.63) is 0 Å². The van der Waals surface area contributed by atoms with Gasteiger partial charge in [-0.3, -0.25) is 0 Å². The molecule has 0 unspecified atom stereocenters. The summed E-state index contributed by atoms with van der Waals surface area (Å²) in [6.07, 6.45) is 5.20. The Morgan fingerprint density at radius 1 is 0.938 bits per heavy atom. The number of nitrogens with zero attached hydrogens (tertiary/aromatic N) is 2. The zero-order valence-corrected chi connectivity index (χ0v) is 10.7. The Bertz CT molecular complexity index is 191. The maximum absolute atomic E-state index is 5.93. The predicted octanol–water partition coefficient (Wildman–Crippen LogP) is 1.14. The quantitative estimate of drug-likeness (QED) is 0.782. The minimum atomic E-state index is 0.471. The second kappa shape index (κ2) is 5.99. The summed E-state index contributed by atoms with van der Waals surface area (Å²) in [6.45, 7) is 9.91. The average Bonchev–Trinajstić information content (AvgIpc) is 2.33. The molecule has 2 aliphatic rings. The second-order valence-electron chi connectivity index (χ2n) is 5.52. The SMILES string of the molecule is CCN1CCC(CN2CCC(N)CC2)CC1. The zero-order chi connectivity index (χ0) is 11.4. The molecule has 2 aliphatic heterocycles. The molecule has 2 saturated heterocycles. The van der Waals surface area contributed by atoms with Gasteiger partial charge in [0.25, 0.3) is 0 Å². The largest absolute Gasteiger partial charge is 0.328 e. The van der Waals surface area contributed by atoms with Crippen LogP contribution in [0.15, 0.2) is 0 Å². The Kier molecular flexibility index (Phi) is 4.62. The van der Waals surface area contributed by atoms with E-state index in [-0.39, 0.29) is 0 Å². The molecule has 2 N–H and O–H groups in total. The van der Waals surface area contributed by atoms with Crippen LogP contribution in [-0.4, -0.2) is 55.1 Å². The van der Waals surface area contributed by atoms with Gasteiger partial charge in [0, 0.05) is 12.6 Å². The lowest BCUT2D eigenvalue weighted by Crippen LogP contribution is -2.44. The van der Waals surface area contributed by atoms with E-state index >= 15 is 0 Å². The summed E-state index contributed by atoms with van der Waals surface area (Å²) in [5.41, 5.74) is 5.93. The number of rotatable bonds is 3. The van der Waals surface area contributed by atoms with Gasteiger partial charge >= 0.3 is 0 Å². The molecule has 3 nitrogen and oxygen atoms in total. The van der Waals surface area contributed by atoms with E-state index in [1.807, 2.05) is 0 Å². The fourth-order valence-electron chi connectivity index (χ4n) is 2.99. The zero-order valence-electron chi connectivity index (χ0n) is 10.7. The van der Waals surface area contributed by atoms with Crippen molar-refractivity contribution in [3.63, 3.8) is 0 Å². The van der Waals surface area contributed by atoms with Crippen LogP contribution in [0.2, 0.25) is 0 Å². The van der Waals surface area contributed by atoms with E-state index in [0.717, 1.165) is 5.92 Å². The lowest BCUT2D eigenvalue weighted by molar-refractivity contribution is 0.130. The van der Waals surface area contributed by atoms with Crippen LogP contribution in [0.4, 0.5) is 0 Å². The Hall–Kier alpha value is -0.120. The number of likely N-dealkylation sites (tertiary alicyclic amines) is 2. The van der Waals surface area contributed by atoms with E-state index in [0.29, 0.717) is 6.04 Å². The van der Waals surface area contributed by atoms with E-state index in [1.165, 1.54) is 65.0 Å². The van der Waals surface area contributed by atoms with E-state index in [1.54, 1.807) is 0 Å². The maximum Gasteiger partial charge on any atom is 0.00631 e. The molecule has 94 valence electrons. The molecule has 0 bridgehead atoms. The van der Waals surface area contributed by atoms with Gasteiger partial charge in [-0.25, -0.2) is 0 Å². The van der Waals surface area contributed by atoms with Crippen LogP contribution in [0.3, 0.4) is 0 Å². The molecule has 0 atom stereocenters. The molecule has 0 amide bonds. The Morgan fingerprint density at radius 2 is 1.50 bits per heavy atom. The Morgan fingerprint density at radius 3 is 2.06 bits per heavy atom. The van der Waals surface area contributed by atoms with Crippen molar-refractivity contribution in [2.24, 2.45) is 11.7 Å². The van der Waals surface area contributed by atoms with Crippen molar-refractivity contribution in [1.82, 2.24) is 9.80 Å². The van der Waals surface area contributed by atoms with Crippen LogP contribution in [0.25, 0.3) is 0 Å². The summed E-state index contributed by atoms with van der Waals surface area (Å²) in [6, 6.07) is 0.471. The van der Waals surface area contributed by atoms with Gasteiger partial charge in [-0.1, -0.05) is 6.92 Å². The lowest BCUT2D eigenvalue weighted by atomic mass is 9.95. The normalized spacial score (nSPS) is 27.4. The van der Waals surface area contributed by atoms with Gasteiger partial charge in [-0.15, -0.1) is 0 Å². The third-order valence-electron chi connectivity index (χ3n) is 4.30. The first-order valence-corrected chi connectivity index (χ1v) is 6.98. The highest BCUT2D eigenvalue weighted by Crippen LogP contribution is 2.19. The Labute approximate surface area is 100.0 Å². The molecule has 0 aromatic carbocycles. The van der Waals surface area contributed by atoms with Crippen LogP contribution in [-0.2, 0) is 0 Å². The summed E-state index contributed by atoms with van der Waals surface area (Å²) < 4.78 is 0. The van der Waals surface area contributed by atoms with Gasteiger partial charge in [0.1, 0.15) is 0 Å². The number of hydrogen-bond acceptors (Lipinski definition) is 3. The molecular weight excluding hydrogens is 198 g/mol. The fourth-order valence-corrected chi connectivity index (χ4v) is 2.99. The highest BCUT2D eigenvalue weighted by Gasteiger charge is 2.22. The van der Waals surface area contributed by atoms with Crippen molar-refractivity contribution >= 4 is 0 Å². The highest BCUT2D eigenvalue weighted by molar-refractivity contribution is 4.79. The van der Waals surface area contributed by atoms with E-state index in [9.17, 15) is 0 Å². The summed E-state index contributed by atoms with van der Waals surface area (Å²) >= 11 is 0. The molecule has 0 radical (unpaired) electrons. The van der Waals surface area contributed by atoms with Crippen LogP contribution in [0.5, 0.6) is 0 Å². The van der Waals surface area contributed by atoms with Gasteiger partial charge in [0.05, 0.1) is 0 Å². The van der Waals surface area contributed by atoms with Crippen molar-refractivity contribution in [2.75, 3.05) is 39.3 Å². The molecule has 2 rings (SSSR count). The van der Waals surface area contributed by atoms with Crippen molar-refractivity contribution in [3.8, 4) is 0 Å². The summed E-state index contributed by atoms with van der Waals surface area (Å²) in [7, 11) is 0. The number of nitrogens with two attached hydrogens (primary N) is 1. The van der Waals surface area contributed by atoms with Crippen LogP contribution in [0.1, 0.15) is 32.6 Å². The lowest BCUT2D eigenvalue weighted by Gasteiger charge is -2.36. The highest BCUT2D eigenvalue weighted by atomic mass is 15.2. The predicted molar refractivity (Wildman–Crippen MR) is 68.5 cm³/mol. The topological polar surface area (TPSA) is 32.5 Å². The summed E-state index contributed by atoms with van der Waals surface area (Å²) in [5.74, 6) is 0.942. The van der Waals surface area contributed by atoms with Crippen molar-refractivity contribution < 1.29 is 0 Å². The molecule has 16 heavy (non-hydrogen) atoms. The summed E-state index contributed by atoms with van der Waals surface area (Å²) in [4.78, 5) is 5.21. The van der Waals surface area contributed by atoms with Crippen LogP contribution in [0, 0.1) is 5.92 Å². The second-order valence-corrected chi connectivity index (χ2v) is 5.52. The van der Waals surface area contributed by atoms with Gasteiger partial charge in [-0.2, -0.15) is 0 Å². The minimum absolute atomic E-state index is 0.471. The van der Waals surface area contributed by atoms with Gasteiger partial charge in [-0.05, 0) is 64.3 Å². The van der Waals surface area contributed by atoms with Gasteiger partial charge in [0.2, 0.25) is 0 Å². The first kappa shape index (κ1) is 12.3. The fraction of sp³-hybridized carbons (Fsp3) is 1.00. The molecule has 2 fully saturated rings. The van der Waals surface area contributed by atoms with Gasteiger partial charge < -0.3 is 15.5 Å². The third kappa shape index (κ3) is 3.44. The van der Waals surface area contributed by atoms with Crippen LogP contribution < -0.4 is 5.73 Å². The minimum Gasteiger partial charge on any atom is -0.328 e. The monoisotopic (exact) mass is 225 g/mol. The van der Waals surface area contributed by atoms with Crippen molar-refractivity contribution in [1.29, 1.82) is 0 Å². The molecule has 0 aromatic heterocycles. The maximum atomic E-state index is 5.93. The van der Waals surface area contributed by atoms with Crippen LogP contribution >= 0.6 is 0 Å². The van der Waals surface area contributed by atoms with E-state index in [4.69, 9.17) is 5.73 Å². The number of piperidine rings is 2. The van der Waals surface area contributed by atoms with E-state index in [2.05, 4.69) is 16.7 Å². The average molecular weight is 225 g/mol. The first-order chi connectivity index (χ1) is 7.78. The van der Waals surface area contributed by atoms with Crippen molar-refractivity contribution in [2.45, 2.75) is 38.6 Å². The molecule has 2 heterocycles. The molecule has 0 saturated carbocycles. The molecular formula is C13H27N3. The van der Waals surface area contributed by atoms with Gasteiger partial charge in [0.15, 0.2) is 0 Å². The molecule has 0 aromatic rings. The summed E-state index contributed by atoms with van der Waals surface area (Å²) in [5, 5.41) is 0. The molecule has 0 spiro atoms. The Balaban J connectivity index is 1.66. The van der Waals surface area contributed by atoms with E-state index < -0.39 is 0 Å². The smallest absolute Gasteiger partial charge is 0.00631 e. The first-order valence-electron chi connectivity index (χ1n) is 6.98. The third-order valence-corrected chi connectivity index (χ3v) is 4.30. The molecule has 3 heteroatoms. The standard InChI is InChI=1S/C13H27N3/c1-2-15-7-3-12(4-8-15)11-16-9-5-13(14)6-10-16/h12-13H,2-11,14H2,1H3.